The van der Waals surface area contributed by atoms with Crippen LogP contribution in [0, 0.1) is 30.3 Å². The van der Waals surface area contributed by atoms with Gasteiger partial charge in [0.2, 0.25) is 0 Å². The van der Waals surface area contributed by atoms with Crippen molar-refractivity contribution in [2.24, 2.45) is 0 Å². The topological polar surface area (TPSA) is 139 Å². The molecule has 0 amide bonds. The molecule has 1 aromatic rings. The highest BCUT2D eigenvalue weighted by molar-refractivity contribution is 5.71. The van der Waals surface area contributed by atoms with Gasteiger partial charge >= 0.3 is 11.4 Å². The highest BCUT2D eigenvalue weighted by Crippen LogP contribution is 2.46. The number of benzene rings is 1. The molecule has 0 aliphatic rings. The molecule has 1 aromatic carbocycles. The predicted octanol–water partition coefficient (Wildman–Crippen LogP) is 2.54. The first-order chi connectivity index (χ1) is 9.22. The molecule has 0 unspecified atom stereocenters. The number of nitro groups is 3. The Hall–Kier alpha value is -2.78. The zero-order chi connectivity index (χ0) is 15.6. The average Bonchev–Trinajstić information content (AvgIpc) is 2.35. The lowest BCUT2D eigenvalue weighted by Crippen LogP contribution is -2.07. The van der Waals surface area contributed by atoms with Gasteiger partial charge in [0, 0.05) is 0 Å². The van der Waals surface area contributed by atoms with Gasteiger partial charge in [0.25, 0.3) is 11.4 Å². The highest BCUT2D eigenvalue weighted by atomic mass is 16.6. The zero-order valence-electron chi connectivity index (χ0n) is 10.9. The fourth-order valence-electron chi connectivity index (χ4n) is 1.88. The molecule has 0 spiro atoms. The molecule has 108 valence electrons. The number of nitro benzene ring substituents is 3. The monoisotopic (exact) mass is 285 g/mol. The fourth-order valence-corrected chi connectivity index (χ4v) is 1.88. The van der Waals surface area contributed by atoms with E-state index in [1.165, 1.54) is 13.8 Å². The summed E-state index contributed by atoms with van der Waals surface area (Å²) in [5, 5.41) is 33.0. The molecule has 0 saturated carbocycles. The summed E-state index contributed by atoms with van der Waals surface area (Å²) in [7, 11) is 1.03. The Labute approximate surface area is 112 Å². The molecule has 1 rings (SSSR count). The summed E-state index contributed by atoms with van der Waals surface area (Å²) in [6, 6.07) is 0.682. The van der Waals surface area contributed by atoms with Crippen molar-refractivity contribution in [2.75, 3.05) is 7.11 Å². The van der Waals surface area contributed by atoms with Crippen LogP contribution in [0.15, 0.2) is 6.07 Å². The first kappa shape index (κ1) is 15.3. The van der Waals surface area contributed by atoms with Crippen LogP contribution in [0.5, 0.6) is 5.75 Å². The summed E-state index contributed by atoms with van der Waals surface area (Å²) >= 11 is 0. The lowest BCUT2D eigenvalue weighted by Gasteiger charge is -2.10. The second-order valence-corrected chi connectivity index (χ2v) is 4.14. The Balaban J connectivity index is 3.95. The van der Waals surface area contributed by atoms with E-state index >= 15 is 0 Å². The molecular formula is C10H11N3O7. The summed E-state index contributed by atoms with van der Waals surface area (Å²) in [4.78, 5) is 30.3. The fraction of sp³-hybridized carbons (Fsp3) is 0.400. The van der Waals surface area contributed by atoms with E-state index in [0.717, 1.165) is 7.11 Å². The zero-order valence-corrected chi connectivity index (χ0v) is 10.9. The van der Waals surface area contributed by atoms with Crippen molar-refractivity contribution < 1.29 is 19.5 Å². The minimum absolute atomic E-state index is 0.206. The predicted molar refractivity (Wildman–Crippen MR) is 67.0 cm³/mol. The van der Waals surface area contributed by atoms with Gasteiger partial charge in [0.05, 0.1) is 27.9 Å². The van der Waals surface area contributed by atoms with E-state index in [9.17, 15) is 30.3 Å². The first-order valence-electron chi connectivity index (χ1n) is 5.40. The van der Waals surface area contributed by atoms with E-state index in [-0.39, 0.29) is 5.56 Å². The number of hydrogen-bond acceptors (Lipinski definition) is 7. The standard InChI is InChI=1S/C10H11N3O7/c1-5(2)8-6(11(14)15)4-7(12(16)17)10(20-3)9(8)13(18)19/h4-5H,1-3H3. The smallest absolute Gasteiger partial charge is 0.328 e. The van der Waals surface area contributed by atoms with Gasteiger partial charge in [-0.3, -0.25) is 30.3 Å². The largest absolute Gasteiger partial charge is 0.485 e. The van der Waals surface area contributed by atoms with Gasteiger partial charge < -0.3 is 4.74 Å². The van der Waals surface area contributed by atoms with E-state index in [0.29, 0.717) is 6.07 Å². The van der Waals surface area contributed by atoms with Crippen LogP contribution in [0.4, 0.5) is 17.1 Å². The van der Waals surface area contributed by atoms with Gasteiger partial charge in [-0.05, 0) is 5.92 Å². The average molecular weight is 285 g/mol. The van der Waals surface area contributed by atoms with Crippen molar-refractivity contribution in [2.45, 2.75) is 19.8 Å². The maximum Gasteiger partial charge on any atom is 0.328 e. The molecule has 0 aliphatic carbocycles. The first-order valence-corrected chi connectivity index (χ1v) is 5.40. The Morgan fingerprint density at radius 3 is 1.80 bits per heavy atom. The number of ether oxygens (including phenoxy) is 1. The minimum Gasteiger partial charge on any atom is -0.485 e. The normalized spacial score (nSPS) is 10.4. The summed E-state index contributed by atoms with van der Waals surface area (Å²) in [5.41, 5.74) is -2.43. The third-order valence-electron chi connectivity index (χ3n) is 2.61. The molecule has 20 heavy (non-hydrogen) atoms. The maximum absolute atomic E-state index is 11.1. The Morgan fingerprint density at radius 1 is 1.00 bits per heavy atom. The van der Waals surface area contributed by atoms with Crippen molar-refractivity contribution in [1.29, 1.82) is 0 Å². The molecule has 0 radical (unpaired) electrons. The van der Waals surface area contributed by atoms with E-state index in [1.807, 2.05) is 0 Å². The molecule has 0 fully saturated rings. The third-order valence-corrected chi connectivity index (χ3v) is 2.61. The number of nitrogens with zero attached hydrogens (tertiary/aromatic N) is 3. The van der Waals surface area contributed by atoms with Crippen LogP contribution in [0.2, 0.25) is 0 Å². The molecule has 10 heteroatoms. The number of methoxy groups -OCH3 is 1. The van der Waals surface area contributed by atoms with Crippen molar-refractivity contribution >= 4 is 17.1 Å². The van der Waals surface area contributed by atoms with Crippen molar-refractivity contribution in [1.82, 2.24) is 0 Å². The van der Waals surface area contributed by atoms with Crippen LogP contribution < -0.4 is 4.74 Å². The van der Waals surface area contributed by atoms with Crippen LogP contribution in [0.3, 0.4) is 0 Å². The molecule has 10 nitrogen and oxygen atoms in total. The molecule has 0 heterocycles. The van der Waals surface area contributed by atoms with Crippen LogP contribution in [0.25, 0.3) is 0 Å². The Morgan fingerprint density at radius 2 is 1.50 bits per heavy atom. The maximum atomic E-state index is 11.1. The summed E-state index contributed by atoms with van der Waals surface area (Å²) in [5.74, 6) is -1.17. The summed E-state index contributed by atoms with van der Waals surface area (Å²) in [6.45, 7) is 3.03. The third kappa shape index (κ3) is 2.48. The minimum atomic E-state index is -0.955. The molecule has 0 saturated heterocycles. The van der Waals surface area contributed by atoms with Crippen molar-refractivity contribution in [3.8, 4) is 5.75 Å². The van der Waals surface area contributed by atoms with Gasteiger partial charge in [-0.25, -0.2) is 0 Å². The van der Waals surface area contributed by atoms with Crippen LogP contribution in [-0.2, 0) is 0 Å². The van der Waals surface area contributed by atoms with E-state index < -0.39 is 43.5 Å². The van der Waals surface area contributed by atoms with Crippen molar-refractivity contribution in [3.05, 3.63) is 42.0 Å². The molecular weight excluding hydrogens is 274 g/mol. The van der Waals surface area contributed by atoms with E-state index in [2.05, 4.69) is 0 Å². The van der Waals surface area contributed by atoms with Gasteiger partial charge in [-0.1, -0.05) is 13.8 Å². The van der Waals surface area contributed by atoms with Gasteiger partial charge in [-0.15, -0.1) is 0 Å². The summed E-state index contributed by atoms with van der Waals surface area (Å²) in [6.07, 6.45) is 0. The number of hydrogen-bond donors (Lipinski definition) is 0. The van der Waals surface area contributed by atoms with E-state index in [1.54, 1.807) is 0 Å². The van der Waals surface area contributed by atoms with Crippen LogP contribution in [-0.4, -0.2) is 21.9 Å². The Bertz CT molecular complexity index is 597. The molecule has 0 atom stereocenters. The van der Waals surface area contributed by atoms with E-state index in [4.69, 9.17) is 4.74 Å². The molecule has 0 aliphatic heterocycles. The second-order valence-electron chi connectivity index (χ2n) is 4.14. The van der Waals surface area contributed by atoms with Crippen LogP contribution in [0.1, 0.15) is 25.3 Å². The lowest BCUT2D eigenvalue weighted by atomic mass is 9.97. The molecule has 0 aromatic heterocycles. The van der Waals surface area contributed by atoms with Gasteiger partial charge in [0.1, 0.15) is 5.56 Å². The second kappa shape index (κ2) is 5.47. The number of rotatable bonds is 5. The van der Waals surface area contributed by atoms with Crippen LogP contribution >= 0.6 is 0 Å². The Kier molecular flexibility index (Phi) is 4.17. The SMILES string of the molecule is COc1c([N+](=O)[O-])cc([N+](=O)[O-])c(C(C)C)c1[N+](=O)[O-]. The van der Waals surface area contributed by atoms with Crippen molar-refractivity contribution in [3.63, 3.8) is 0 Å². The molecule has 0 N–H and O–H groups in total. The van der Waals surface area contributed by atoms with Gasteiger partial charge in [-0.2, -0.15) is 0 Å². The van der Waals surface area contributed by atoms with Gasteiger partial charge in [0.15, 0.2) is 0 Å². The quantitative estimate of drug-likeness (QED) is 0.598. The molecule has 0 bridgehead atoms. The summed E-state index contributed by atoms with van der Waals surface area (Å²) < 4.78 is 4.72. The lowest BCUT2D eigenvalue weighted by molar-refractivity contribution is -0.405. The highest BCUT2D eigenvalue weighted by Gasteiger charge is 2.38.